The first kappa shape index (κ1) is 14.0. The van der Waals surface area contributed by atoms with Crippen LogP contribution in [0.4, 0.5) is 13.2 Å². The third kappa shape index (κ3) is 3.73. The maximum Gasteiger partial charge on any atom is 0.416 e. The van der Waals surface area contributed by atoms with Crippen molar-refractivity contribution in [2.75, 3.05) is 0 Å². The zero-order chi connectivity index (χ0) is 13.1. The monoisotopic (exact) mass is 245 g/mol. The predicted molar refractivity (Wildman–Crippen MR) is 62.5 cm³/mol. The van der Waals surface area contributed by atoms with Gasteiger partial charge >= 0.3 is 6.18 Å². The van der Waals surface area contributed by atoms with Crippen molar-refractivity contribution in [1.82, 2.24) is 0 Å². The molecule has 1 unspecified atom stereocenters. The van der Waals surface area contributed by atoms with E-state index in [4.69, 9.17) is 5.73 Å². The summed E-state index contributed by atoms with van der Waals surface area (Å²) >= 11 is 0. The molecule has 0 saturated carbocycles. The van der Waals surface area contributed by atoms with Gasteiger partial charge in [-0.2, -0.15) is 13.2 Å². The van der Waals surface area contributed by atoms with E-state index in [2.05, 4.69) is 13.8 Å². The Morgan fingerprint density at radius 2 is 1.94 bits per heavy atom. The van der Waals surface area contributed by atoms with Crippen molar-refractivity contribution in [2.24, 2.45) is 11.7 Å². The van der Waals surface area contributed by atoms with E-state index in [0.717, 1.165) is 24.5 Å². The molecular weight excluding hydrogens is 227 g/mol. The van der Waals surface area contributed by atoms with Crippen LogP contribution in [0.5, 0.6) is 0 Å². The highest BCUT2D eigenvalue weighted by Crippen LogP contribution is 2.32. The molecule has 4 heteroatoms. The lowest BCUT2D eigenvalue weighted by atomic mass is 9.95. The zero-order valence-corrected chi connectivity index (χ0v) is 10.1. The molecule has 0 spiro atoms. The zero-order valence-electron chi connectivity index (χ0n) is 10.1. The van der Waals surface area contributed by atoms with E-state index in [-0.39, 0.29) is 12.1 Å². The summed E-state index contributed by atoms with van der Waals surface area (Å²) in [5.74, 6) is 0.470. The quantitative estimate of drug-likeness (QED) is 0.858. The van der Waals surface area contributed by atoms with Crippen LogP contribution in [-0.2, 0) is 19.1 Å². The minimum atomic E-state index is -4.32. The van der Waals surface area contributed by atoms with Gasteiger partial charge in [0.2, 0.25) is 0 Å². The second kappa shape index (κ2) is 5.54. The van der Waals surface area contributed by atoms with Crippen LogP contribution in [-0.4, -0.2) is 0 Å². The van der Waals surface area contributed by atoms with Gasteiger partial charge in [-0.05, 0) is 29.5 Å². The fourth-order valence-electron chi connectivity index (χ4n) is 1.77. The maximum atomic E-state index is 12.6. The Kier molecular flexibility index (Phi) is 4.57. The van der Waals surface area contributed by atoms with Crippen LogP contribution in [0.15, 0.2) is 18.2 Å². The van der Waals surface area contributed by atoms with Gasteiger partial charge in [-0.1, -0.05) is 32.4 Å². The van der Waals surface area contributed by atoms with Gasteiger partial charge in [0.05, 0.1) is 5.56 Å². The van der Waals surface area contributed by atoms with Crippen LogP contribution < -0.4 is 5.73 Å². The first-order valence-corrected chi connectivity index (χ1v) is 5.77. The first-order chi connectivity index (χ1) is 7.88. The van der Waals surface area contributed by atoms with Gasteiger partial charge in [-0.3, -0.25) is 0 Å². The second-order valence-electron chi connectivity index (χ2n) is 4.41. The topological polar surface area (TPSA) is 26.0 Å². The molecule has 0 fully saturated rings. The summed E-state index contributed by atoms with van der Waals surface area (Å²) in [7, 11) is 0. The molecule has 1 nitrogen and oxygen atoms in total. The van der Waals surface area contributed by atoms with Gasteiger partial charge in [0.25, 0.3) is 0 Å². The molecule has 0 amide bonds. The largest absolute Gasteiger partial charge is 0.416 e. The summed E-state index contributed by atoms with van der Waals surface area (Å²) in [6, 6.07) is 4.27. The van der Waals surface area contributed by atoms with Gasteiger partial charge in [0.1, 0.15) is 0 Å². The fourth-order valence-corrected chi connectivity index (χ4v) is 1.77. The minimum Gasteiger partial charge on any atom is -0.326 e. The van der Waals surface area contributed by atoms with Crippen molar-refractivity contribution in [2.45, 2.75) is 39.4 Å². The summed E-state index contributed by atoms with van der Waals surface area (Å²) < 4.78 is 37.9. The number of hydrogen-bond donors (Lipinski definition) is 1. The smallest absolute Gasteiger partial charge is 0.326 e. The summed E-state index contributed by atoms with van der Waals surface area (Å²) in [5, 5.41) is 0. The van der Waals surface area contributed by atoms with Gasteiger partial charge in [0, 0.05) is 6.54 Å². The van der Waals surface area contributed by atoms with Crippen molar-refractivity contribution in [3.63, 3.8) is 0 Å². The number of halogens is 3. The summed E-state index contributed by atoms with van der Waals surface area (Å²) in [4.78, 5) is 0. The Bertz CT molecular complexity index is 371. The van der Waals surface area contributed by atoms with Crippen molar-refractivity contribution < 1.29 is 13.2 Å². The molecule has 1 atom stereocenters. The summed E-state index contributed by atoms with van der Waals surface area (Å²) in [6.45, 7) is 4.07. The normalized spacial score (nSPS) is 13.8. The Labute approximate surface area is 99.8 Å². The molecule has 2 N–H and O–H groups in total. The average molecular weight is 245 g/mol. The highest BCUT2D eigenvalue weighted by Gasteiger charge is 2.32. The van der Waals surface area contributed by atoms with E-state index in [0.29, 0.717) is 5.92 Å². The minimum absolute atomic E-state index is 0.0802. The number of rotatable bonds is 4. The van der Waals surface area contributed by atoms with E-state index in [1.807, 2.05) is 0 Å². The molecular formula is C13H18F3N. The number of nitrogens with two attached hydrogens (primary N) is 1. The van der Waals surface area contributed by atoms with Crippen molar-refractivity contribution in [3.05, 3.63) is 34.9 Å². The van der Waals surface area contributed by atoms with Crippen LogP contribution in [0.1, 0.15) is 37.0 Å². The average Bonchev–Trinajstić information content (AvgIpc) is 2.27. The van der Waals surface area contributed by atoms with Crippen molar-refractivity contribution in [3.8, 4) is 0 Å². The fraction of sp³-hybridized carbons (Fsp3) is 0.538. The highest BCUT2D eigenvalue weighted by molar-refractivity contribution is 5.34. The molecule has 96 valence electrons. The van der Waals surface area contributed by atoms with E-state index < -0.39 is 11.7 Å². The Hall–Kier alpha value is -1.03. The second-order valence-corrected chi connectivity index (χ2v) is 4.41. The maximum absolute atomic E-state index is 12.6. The van der Waals surface area contributed by atoms with Crippen LogP contribution in [0.25, 0.3) is 0 Å². The summed E-state index contributed by atoms with van der Waals surface area (Å²) in [5.41, 5.74) is 5.86. The molecule has 1 aromatic rings. The molecule has 0 radical (unpaired) electrons. The van der Waals surface area contributed by atoms with E-state index in [1.54, 1.807) is 12.1 Å². The highest BCUT2D eigenvalue weighted by atomic mass is 19.4. The van der Waals surface area contributed by atoms with E-state index in [1.165, 1.54) is 0 Å². The molecule has 0 bridgehead atoms. The molecule has 0 saturated heterocycles. The van der Waals surface area contributed by atoms with Crippen molar-refractivity contribution in [1.29, 1.82) is 0 Å². The number of hydrogen-bond acceptors (Lipinski definition) is 1. The van der Waals surface area contributed by atoms with E-state index in [9.17, 15) is 13.2 Å². The third-order valence-corrected chi connectivity index (χ3v) is 2.98. The predicted octanol–water partition coefficient (Wildman–Crippen LogP) is 3.75. The van der Waals surface area contributed by atoms with Gasteiger partial charge < -0.3 is 5.73 Å². The van der Waals surface area contributed by atoms with Crippen molar-refractivity contribution >= 4 is 0 Å². The Morgan fingerprint density at radius 3 is 2.41 bits per heavy atom. The van der Waals surface area contributed by atoms with Crippen LogP contribution in [0.3, 0.4) is 0 Å². The molecule has 0 heterocycles. The van der Waals surface area contributed by atoms with Crippen LogP contribution in [0.2, 0.25) is 0 Å². The van der Waals surface area contributed by atoms with Gasteiger partial charge in [-0.25, -0.2) is 0 Å². The molecule has 17 heavy (non-hydrogen) atoms. The van der Waals surface area contributed by atoms with Crippen LogP contribution >= 0.6 is 0 Å². The Morgan fingerprint density at radius 1 is 1.29 bits per heavy atom. The van der Waals surface area contributed by atoms with Gasteiger partial charge in [0.15, 0.2) is 0 Å². The summed E-state index contributed by atoms with van der Waals surface area (Å²) in [6.07, 6.45) is -2.51. The molecule has 1 rings (SSSR count). The Balaban J connectivity index is 3.01. The number of benzene rings is 1. The first-order valence-electron chi connectivity index (χ1n) is 5.77. The van der Waals surface area contributed by atoms with Crippen LogP contribution in [0, 0.1) is 5.92 Å². The lowest BCUT2D eigenvalue weighted by molar-refractivity contribution is -0.138. The molecule has 0 aliphatic heterocycles. The third-order valence-electron chi connectivity index (χ3n) is 2.98. The van der Waals surface area contributed by atoms with Gasteiger partial charge in [-0.15, -0.1) is 0 Å². The number of alkyl halides is 3. The van der Waals surface area contributed by atoms with E-state index >= 15 is 0 Å². The molecule has 0 aliphatic rings. The standard InChI is InChI=1S/C13H18F3N/c1-3-9(2)6-10-4-5-12(13(14,15)16)11(7-10)8-17/h4-5,7,9H,3,6,8,17H2,1-2H3. The molecule has 1 aromatic carbocycles. The molecule has 0 aliphatic carbocycles. The lowest BCUT2D eigenvalue weighted by Gasteiger charge is -2.14. The molecule has 0 aromatic heterocycles. The lowest BCUT2D eigenvalue weighted by Crippen LogP contribution is -2.12. The SMILES string of the molecule is CCC(C)Cc1ccc(C(F)(F)F)c(CN)c1.